The first-order valence-corrected chi connectivity index (χ1v) is 8.29. The summed E-state index contributed by atoms with van der Waals surface area (Å²) in [7, 11) is 3.14. The SMILES string of the molecule is CC(=O)NC(CSC(=O)c1ccc(CO[NH+]([O-])O)cc1)C(=O)N(C)C. The van der Waals surface area contributed by atoms with Crippen LogP contribution in [0.3, 0.4) is 0 Å². The Hall–Kier alpha value is -1.98. The fourth-order valence-electron chi connectivity index (χ4n) is 1.86. The van der Waals surface area contributed by atoms with E-state index in [9.17, 15) is 19.6 Å². The summed E-state index contributed by atoms with van der Waals surface area (Å²) in [4.78, 5) is 41.2. The summed E-state index contributed by atoms with van der Waals surface area (Å²) in [6.45, 7) is 1.21. The first-order valence-electron chi connectivity index (χ1n) is 7.30. The van der Waals surface area contributed by atoms with Crippen molar-refractivity contribution in [3.63, 3.8) is 0 Å². The topological polar surface area (TPSA) is 123 Å². The molecule has 1 aromatic carbocycles. The molecule has 2 unspecified atom stereocenters. The zero-order valence-corrected chi connectivity index (χ0v) is 15.0. The second kappa shape index (κ2) is 10.1. The Morgan fingerprint density at radius 1 is 1.32 bits per heavy atom. The minimum atomic E-state index is -1.37. The van der Waals surface area contributed by atoms with Crippen molar-refractivity contribution in [2.24, 2.45) is 0 Å². The predicted octanol–water partition coefficient (Wildman–Crippen LogP) is -0.644. The molecule has 0 aliphatic heterocycles. The van der Waals surface area contributed by atoms with Gasteiger partial charge in [0.2, 0.25) is 16.9 Å². The van der Waals surface area contributed by atoms with Gasteiger partial charge in [-0.2, -0.15) is 10.0 Å². The fraction of sp³-hybridized carbons (Fsp3) is 0.400. The van der Waals surface area contributed by atoms with Crippen LogP contribution in [-0.2, 0) is 21.0 Å². The number of amides is 2. The molecule has 0 aliphatic carbocycles. The van der Waals surface area contributed by atoms with Crippen molar-refractivity contribution in [3.05, 3.63) is 40.6 Å². The summed E-state index contributed by atoms with van der Waals surface area (Å²) in [5.74, 6) is -0.535. The number of quaternary nitrogens is 1. The summed E-state index contributed by atoms with van der Waals surface area (Å²) in [6.07, 6.45) is 0. The first kappa shape index (κ1) is 21.1. The molecule has 10 heteroatoms. The third kappa shape index (κ3) is 7.63. The van der Waals surface area contributed by atoms with Gasteiger partial charge in [-0.1, -0.05) is 41.4 Å². The summed E-state index contributed by atoms with van der Waals surface area (Å²) in [6, 6.07) is 5.50. The molecule has 2 amide bonds. The van der Waals surface area contributed by atoms with Gasteiger partial charge in [-0.05, 0) is 5.56 Å². The summed E-state index contributed by atoms with van der Waals surface area (Å²) in [5.41, 5.74) is 1.02. The van der Waals surface area contributed by atoms with E-state index in [2.05, 4.69) is 10.2 Å². The van der Waals surface area contributed by atoms with Crippen LogP contribution in [-0.4, -0.2) is 52.9 Å². The van der Waals surface area contributed by atoms with Crippen LogP contribution in [0.2, 0.25) is 0 Å². The van der Waals surface area contributed by atoms with E-state index in [4.69, 9.17) is 5.21 Å². The van der Waals surface area contributed by atoms with Crippen LogP contribution >= 0.6 is 11.8 Å². The molecule has 0 fully saturated rings. The summed E-state index contributed by atoms with van der Waals surface area (Å²) in [5, 5.41) is 19.7. The predicted molar refractivity (Wildman–Crippen MR) is 90.4 cm³/mol. The van der Waals surface area contributed by atoms with Gasteiger partial charge < -0.3 is 15.4 Å². The van der Waals surface area contributed by atoms with Crippen molar-refractivity contribution in [1.29, 1.82) is 0 Å². The number of nitrogens with one attached hydrogen (secondary N) is 2. The molecule has 0 aliphatic rings. The average Bonchev–Trinajstić information content (AvgIpc) is 2.55. The van der Waals surface area contributed by atoms with Crippen molar-refractivity contribution < 1.29 is 29.8 Å². The second-order valence-electron chi connectivity index (χ2n) is 5.34. The average molecular weight is 371 g/mol. The van der Waals surface area contributed by atoms with Crippen LogP contribution in [0.5, 0.6) is 0 Å². The van der Waals surface area contributed by atoms with Crippen molar-refractivity contribution in [2.45, 2.75) is 19.6 Å². The Balaban J connectivity index is 2.64. The van der Waals surface area contributed by atoms with Crippen LogP contribution in [0.25, 0.3) is 0 Å². The lowest BCUT2D eigenvalue weighted by Gasteiger charge is -2.20. The maximum absolute atomic E-state index is 12.2. The lowest BCUT2D eigenvalue weighted by atomic mass is 10.2. The van der Waals surface area contributed by atoms with Crippen molar-refractivity contribution in [1.82, 2.24) is 10.2 Å². The highest BCUT2D eigenvalue weighted by Gasteiger charge is 2.22. The molecule has 0 bridgehead atoms. The van der Waals surface area contributed by atoms with E-state index in [0.29, 0.717) is 11.1 Å². The quantitative estimate of drug-likeness (QED) is 0.519. The molecule has 0 saturated carbocycles. The van der Waals surface area contributed by atoms with E-state index in [-0.39, 0.29) is 29.3 Å². The van der Waals surface area contributed by atoms with Gasteiger partial charge in [-0.3, -0.25) is 14.4 Å². The van der Waals surface area contributed by atoms with Gasteiger partial charge in [0.1, 0.15) is 12.6 Å². The lowest BCUT2D eigenvalue weighted by molar-refractivity contribution is -1.21. The number of hydrogen-bond acceptors (Lipinski definition) is 7. The van der Waals surface area contributed by atoms with Gasteiger partial charge in [-0.25, -0.2) is 0 Å². The number of hydrogen-bond donors (Lipinski definition) is 3. The van der Waals surface area contributed by atoms with Crippen LogP contribution in [0, 0.1) is 5.21 Å². The smallest absolute Gasteiger partial charge is 0.245 e. The van der Waals surface area contributed by atoms with Crippen LogP contribution < -0.4 is 10.7 Å². The zero-order valence-electron chi connectivity index (χ0n) is 14.1. The van der Waals surface area contributed by atoms with Gasteiger partial charge in [0, 0.05) is 32.3 Å². The number of carbonyl (C=O) groups is 3. The Morgan fingerprint density at radius 2 is 1.92 bits per heavy atom. The number of benzene rings is 1. The number of nitrogens with zero attached hydrogens (tertiary/aromatic N) is 1. The maximum Gasteiger partial charge on any atom is 0.245 e. The molecule has 1 aromatic rings. The molecule has 0 heterocycles. The van der Waals surface area contributed by atoms with E-state index in [0.717, 1.165) is 11.8 Å². The Bertz CT molecular complexity index is 606. The largest absolute Gasteiger partial charge is 0.566 e. The van der Waals surface area contributed by atoms with Gasteiger partial charge in [-0.15, -0.1) is 0 Å². The molecular formula is C15H21N3O6S. The van der Waals surface area contributed by atoms with E-state index in [1.165, 1.54) is 11.8 Å². The molecule has 0 saturated heterocycles. The third-order valence-corrected chi connectivity index (χ3v) is 4.05. The molecule has 2 atom stereocenters. The molecule has 1 rings (SSSR count). The molecule has 25 heavy (non-hydrogen) atoms. The molecule has 0 radical (unpaired) electrons. The first-order chi connectivity index (χ1) is 11.7. The van der Waals surface area contributed by atoms with Gasteiger partial charge in [0.05, 0.1) is 0 Å². The number of rotatable bonds is 8. The standard InChI is InChI=1S/C15H21N3O6S/c1-10(19)16-13(14(20)17(2)3)9-25-15(21)12-6-4-11(5-7-12)8-24-18(22)23/h4-7,13,18,22H,8-9H2,1-3H3,(H,16,19). The third-order valence-electron chi connectivity index (χ3n) is 3.05. The normalized spacial score (nSPS) is 13.0. The van der Waals surface area contributed by atoms with Crippen LogP contribution in [0.15, 0.2) is 24.3 Å². The molecule has 9 nitrogen and oxygen atoms in total. The highest BCUT2D eigenvalue weighted by molar-refractivity contribution is 8.14. The van der Waals surface area contributed by atoms with Crippen molar-refractivity contribution >= 4 is 28.7 Å². The molecular weight excluding hydrogens is 350 g/mol. The summed E-state index contributed by atoms with van der Waals surface area (Å²) >= 11 is 0.923. The van der Waals surface area contributed by atoms with Gasteiger partial charge >= 0.3 is 0 Å². The fourth-order valence-corrected chi connectivity index (χ4v) is 2.70. The van der Waals surface area contributed by atoms with E-state index in [1.807, 2.05) is 0 Å². The second-order valence-corrected chi connectivity index (χ2v) is 6.33. The van der Waals surface area contributed by atoms with Gasteiger partial charge in [0.15, 0.2) is 0 Å². The molecule has 138 valence electrons. The van der Waals surface area contributed by atoms with E-state index < -0.39 is 11.4 Å². The summed E-state index contributed by atoms with van der Waals surface area (Å²) < 4.78 is 0. The molecule has 0 aromatic heterocycles. The number of likely N-dealkylation sites (N-methyl/N-ethyl adjacent to an activating group) is 1. The van der Waals surface area contributed by atoms with Gasteiger partial charge in [0.25, 0.3) is 0 Å². The monoisotopic (exact) mass is 371 g/mol. The van der Waals surface area contributed by atoms with Crippen molar-refractivity contribution in [2.75, 3.05) is 19.8 Å². The van der Waals surface area contributed by atoms with Crippen LogP contribution in [0.4, 0.5) is 0 Å². The zero-order chi connectivity index (χ0) is 19.0. The highest BCUT2D eigenvalue weighted by Crippen LogP contribution is 2.15. The van der Waals surface area contributed by atoms with Crippen molar-refractivity contribution in [3.8, 4) is 0 Å². The molecule has 3 N–H and O–H groups in total. The Kier molecular flexibility index (Phi) is 8.52. The number of carbonyl (C=O) groups excluding carboxylic acids is 3. The highest BCUT2D eigenvalue weighted by atomic mass is 32.2. The maximum atomic E-state index is 12.2. The lowest BCUT2D eigenvalue weighted by Crippen LogP contribution is -3.03. The minimum absolute atomic E-state index is 0.0983. The number of thioether (sulfide) groups is 1. The Labute approximate surface area is 149 Å². The van der Waals surface area contributed by atoms with Crippen LogP contribution in [0.1, 0.15) is 22.8 Å². The minimum Gasteiger partial charge on any atom is -0.566 e. The van der Waals surface area contributed by atoms with E-state index >= 15 is 0 Å². The van der Waals surface area contributed by atoms with E-state index in [1.54, 1.807) is 38.4 Å². The Morgan fingerprint density at radius 3 is 2.40 bits per heavy atom. The molecule has 0 spiro atoms.